The van der Waals surface area contributed by atoms with E-state index in [4.69, 9.17) is 5.73 Å². The third-order valence-electron chi connectivity index (χ3n) is 6.48. The van der Waals surface area contributed by atoms with Gasteiger partial charge in [-0.2, -0.15) is 0 Å². The molecular formula is C25H38N4O5. The van der Waals surface area contributed by atoms with Crippen LogP contribution in [0.3, 0.4) is 0 Å². The molecule has 9 nitrogen and oxygen atoms in total. The molecule has 1 aliphatic heterocycles. The molecule has 5 N–H and O–H groups in total. The fraction of sp³-hybridized carbons (Fsp3) is 0.600. The lowest BCUT2D eigenvalue weighted by atomic mass is 9.96. The molecule has 1 heterocycles. The molecule has 9 heteroatoms. The molecule has 0 bridgehead atoms. The molecule has 0 aromatic heterocycles. The van der Waals surface area contributed by atoms with Crippen molar-refractivity contribution in [3.63, 3.8) is 0 Å². The summed E-state index contributed by atoms with van der Waals surface area (Å²) in [7, 11) is 0. The first kappa shape index (κ1) is 27.3. The molecule has 0 radical (unpaired) electrons. The molecule has 1 aromatic rings. The van der Waals surface area contributed by atoms with Crippen molar-refractivity contribution >= 4 is 23.7 Å². The van der Waals surface area contributed by atoms with E-state index in [1.807, 2.05) is 44.2 Å². The van der Waals surface area contributed by atoms with Gasteiger partial charge in [0.25, 0.3) is 0 Å². The van der Waals surface area contributed by atoms with Gasteiger partial charge in [0.15, 0.2) is 0 Å². The Labute approximate surface area is 201 Å². The quantitative estimate of drug-likeness (QED) is 0.381. The summed E-state index contributed by atoms with van der Waals surface area (Å²) >= 11 is 0. The van der Waals surface area contributed by atoms with Crippen LogP contribution in [0.4, 0.5) is 0 Å². The Morgan fingerprint density at radius 1 is 1.09 bits per heavy atom. The van der Waals surface area contributed by atoms with Crippen LogP contribution in [0.15, 0.2) is 30.3 Å². The van der Waals surface area contributed by atoms with Gasteiger partial charge >= 0.3 is 5.97 Å². The second-order valence-corrected chi connectivity index (χ2v) is 9.43. The summed E-state index contributed by atoms with van der Waals surface area (Å²) in [6.45, 7) is 7.55. The summed E-state index contributed by atoms with van der Waals surface area (Å²) in [5.41, 5.74) is 7.12. The molecule has 2 rings (SSSR count). The van der Waals surface area contributed by atoms with Gasteiger partial charge in [-0.05, 0) is 36.7 Å². The van der Waals surface area contributed by atoms with E-state index >= 15 is 0 Å². The van der Waals surface area contributed by atoms with E-state index in [-0.39, 0.29) is 17.7 Å². The fourth-order valence-corrected chi connectivity index (χ4v) is 4.18. The predicted octanol–water partition coefficient (Wildman–Crippen LogP) is 1.30. The van der Waals surface area contributed by atoms with E-state index < -0.39 is 42.0 Å². The first-order chi connectivity index (χ1) is 16.1. The normalized spacial score (nSPS) is 19.2. The molecular weight excluding hydrogens is 436 g/mol. The van der Waals surface area contributed by atoms with Crippen molar-refractivity contribution in [3.05, 3.63) is 35.9 Å². The monoisotopic (exact) mass is 474 g/mol. The predicted molar refractivity (Wildman–Crippen MR) is 129 cm³/mol. The van der Waals surface area contributed by atoms with Crippen LogP contribution in [0, 0.1) is 11.8 Å². The van der Waals surface area contributed by atoms with Gasteiger partial charge in [-0.25, -0.2) is 4.79 Å². The Morgan fingerprint density at radius 2 is 1.74 bits per heavy atom. The third-order valence-corrected chi connectivity index (χ3v) is 6.48. The minimum absolute atomic E-state index is 0.226. The van der Waals surface area contributed by atoms with E-state index in [9.17, 15) is 24.3 Å². The number of aliphatic carboxylic acids is 1. The van der Waals surface area contributed by atoms with Gasteiger partial charge in [-0.1, -0.05) is 64.4 Å². The number of nitrogens with zero attached hydrogens (tertiary/aromatic N) is 1. The van der Waals surface area contributed by atoms with Crippen LogP contribution in [0.1, 0.15) is 52.5 Å². The average molecular weight is 475 g/mol. The molecule has 5 atom stereocenters. The first-order valence-corrected chi connectivity index (χ1v) is 12.0. The highest BCUT2D eigenvalue weighted by Crippen LogP contribution is 2.20. The summed E-state index contributed by atoms with van der Waals surface area (Å²) in [6.07, 6.45) is 2.12. The lowest BCUT2D eigenvalue weighted by Gasteiger charge is -2.30. The van der Waals surface area contributed by atoms with Gasteiger partial charge in [0, 0.05) is 6.54 Å². The Bertz CT molecular complexity index is 860. The summed E-state index contributed by atoms with van der Waals surface area (Å²) in [5, 5.41) is 14.8. The maximum Gasteiger partial charge on any atom is 0.326 e. The number of carboxylic acids is 1. The number of benzene rings is 1. The van der Waals surface area contributed by atoms with Crippen LogP contribution in [0.5, 0.6) is 0 Å². The fourth-order valence-electron chi connectivity index (χ4n) is 4.18. The van der Waals surface area contributed by atoms with Crippen molar-refractivity contribution in [2.45, 2.75) is 77.5 Å². The molecule has 1 aromatic carbocycles. The van der Waals surface area contributed by atoms with Crippen molar-refractivity contribution < 1.29 is 24.3 Å². The molecule has 188 valence electrons. The van der Waals surface area contributed by atoms with E-state index in [2.05, 4.69) is 10.6 Å². The maximum atomic E-state index is 13.2. The zero-order valence-corrected chi connectivity index (χ0v) is 20.5. The lowest BCUT2D eigenvalue weighted by Crippen LogP contribution is -2.58. The summed E-state index contributed by atoms with van der Waals surface area (Å²) in [4.78, 5) is 52.2. The highest BCUT2D eigenvalue weighted by atomic mass is 16.4. The van der Waals surface area contributed by atoms with Gasteiger partial charge in [0.1, 0.15) is 18.1 Å². The summed E-state index contributed by atoms with van der Waals surface area (Å²) < 4.78 is 0. The number of nitrogens with two attached hydrogens (primary N) is 1. The number of amides is 3. The Kier molecular flexibility index (Phi) is 10.0. The Balaban J connectivity index is 2.10. The highest BCUT2D eigenvalue weighted by molar-refractivity contribution is 5.94. The summed E-state index contributed by atoms with van der Waals surface area (Å²) in [5.74, 6) is -2.93. The number of rotatable bonds is 11. The van der Waals surface area contributed by atoms with Crippen molar-refractivity contribution in [3.8, 4) is 0 Å². The molecule has 1 saturated heterocycles. The molecule has 0 saturated carbocycles. The van der Waals surface area contributed by atoms with Crippen LogP contribution in [-0.2, 0) is 25.6 Å². The van der Waals surface area contributed by atoms with Gasteiger partial charge < -0.3 is 26.4 Å². The number of hydrogen-bond donors (Lipinski definition) is 4. The van der Waals surface area contributed by atoms with Gasteiger partial charge in [0.2, 0.25) is 17.7 Å². The van der Waals surface area contributed by atoms with Crippen LogP contribution >= 0.6 is 0 Å². The smallest absolute Gasteiger partial charge is 0.326 e. The first-order valence-electron chi connectivity index (χ1n) is 12.0. The molecule has 3 amide bonds. The highest BCUT2D eigenvalue weighted by Gasteiger charge is 2.39. The number of hydrogen-bond acceptors (Lipinski definition) is 5. The van der Waals surface area contributed by atoms with E-state index in [1.165, 1.54) is 4.90 Å². The third kappa shape index (κ3) is 7.03. The second kappa shape index (κ2) is 12.5. The Hall–Kier alpha value is -2.94. The van der Waals surface area contributed by atoms with E-state index in [1.54, 1.807) is 13.8 Å². The number of likely N-dealkylation sites (tertiary alicyclic amines) is 1. The minimum atomic E-state index is -1.13. The van der Waals surface area contributed by atoms with Gasteiger partial charge in [-0.15, -0.1) is 0 Å². The molecule has 1 aliphatic rings. The van der Waals surface area contributed by atoms with Crippen LogP contribution in [0.25, 0.3) is 0 Å². The van der Waals surface area contributed by atoms with Crippen LogP contribution in [0.2, 0.25) is 0 Å². The van der Waals surface area contributed by atoms with Crippen molar-refractivity contribution in [1.82, 2.24) is 15.5 Å². The molecule has 34 heavy (non-hydrogen) atoms. The minimum Gasteiger partial charge on any atom is -0.480 e. The Morgan fingerprint density at radius 3 is 2.29 bits per heavy atom. The van der Waals surface area contributed by atoms with Crippen molar-refractivity contribution in [2.75, 3.05) is 6.54 Å². The second-order valence-electron chi connectivity index (χ2n) is 9.43. The van der Waals surface area contributed by atoms with Gasteiger partial charge in [0.05, 0.1) is 6.04 Å². The largest absolute Gasteiger partial charge is 0.480 e. The molecule has 0 unspecified atom stereocenters. The van der Waals surface area contributed by atoms with Crippen molar-refractivity contribution in [1.29, 1.82) is 0 Å². The molecule has 0 aliphatic carbocycles. The average Bonchev–Trinajstić information content (AvgIpc) is 3.29. The number of nitrogens with one attached hydrogen (secondary N) is 2. The van der Waals surface area contributed by atoms with E-state index in [0.717, 1.165) is 5.56 Å². The molecule has 0 spiro atoms. The lowest BCUT2D eigenvalue weighted by molar-refractivity contribution is -0.144. The zero-order valence-electron chi connectivity index (χ0n) is 20.5. The van der Waals surface area contributed by atoms with Crippen LogP contribution in [-0.4, -0.2) is 64.4 Å². The number of carboxylic acid groups (broad SMARTS) is 1. The zero-order chi connectivity index (χ0) is 25.4. The molecule has 1 fully saturated rings. The number of carbonyl (C=O) groups excluding carboxylic acids is 3. The van der Waals surface area contributed by atoms with E-state index in [0.29, 0.717) is 32.2 Å². The number of carbonyl (C=O) groups is 4. The standard InChI is InChI=1S/C25H38N4O5/c1-5-16(4)21(23(31)27-20(15(2)3)25(33)34)28-22(30)19-12-9-13-29(19)24(32)18(26)14-17-10-7-6-8-11-17/h6-8,10-11,15-16,18-21H,5,9,12-14,26H2,1-4H3,(H,27,31)(H,28,30)(H,33,34)/t16-,18-,19-,20-,21-/m0/s1. The summed E-state index contributed by atoms with van der Waals surface area (Å²) in [6, 6.07) is 6.00. The van der Waals surface area contributed by atoms with Gasteiger partial charge in [-0.3, -0.25) is 14.4 Å². The maximum absolute atomic E-state index is 13.2. The topological polar surface area (TPSA) is 142 Å². The van der Waals surface area contributed by atoms with Crippen LogP contribution < -0.4 is 16.4 Å². The SMILES string of the molecule is CC[C@H](C)[C@H](NC(=O)[C@@H]1CCCN1C(=O)[C@@H](N)Cc1ccccc1)C(=O)N[C@H](C(=O)O)C(C)C. The van der Waals surface area contributed by atoms with Crippen molar-refractivity contribution in [2.24, 2.45) is 17.6 Å².